The van der Waals surface area contributed by atoms with Gasteiger partial charge < -0.3 is 11.1 Å². The van der Waals surface area contributed by atoms with Crippen molar-refractivity contribution >= 4 is 11.4 Å². The Balaban J connectivity index is 2.88. The minimum Gasteiger partial charge on any atom is -0.399 e. The summed E-state index contributed by atoms with van der Waals surface area (Å²) in [5, 5.41) is 3.35. The molecule has 0 spiro atoms. The maximum Gasteiger partial charge on any atom is 0.0347 e. The minimum atomic E-state index is 0.815. The number of hydrogen-bond donors (Lipinski definition) is 2. The van der Waals surface area contributed by atoms with Gasteiger partial charge in [0.15, 0.2) is 0 Å². The zero-order valence-corrected chi connectivity index (χ0v) is 11.7. The molecule has 98 valence electrons. The first-order chi connectivity index (χ1) is 8.60. The minimum absolute atomic E-state index is 0.815. The van der Waals surface area contributed by atoms with Gasteiger partial charge in [0, 0.05) is 23.5 Å². The fourth-order valence-electron chi connectivity index (χ4n) is 1.79. The van der Waals surface area contributed by atoms with Gasteiger partial charge in [-0.15, -0.1) is 0 Å². The average Bonchev–Trinajstić information content (AvgIpc) is 2.38. The Kier molecular flexibility index (Phi) is 5.50. The fraction of sp³-hybridized carbons (Fsp3) is 0.375. The van der Waals surface area contributed by atoms with Crippen LogP contribution in [0, 0.1) is 6.92 Å². The topological polar surface area (TPSA) is 38.0 Å². The van der Waals surface area contributed by atoms with E-state index in [0.29, 0.717) is 0 Å². The first-order valence-corrected chi connectivity index (χ1v) is 6.56. The zero-order valence-electron chi connectivity index (χ0n) is 11.7. The number of aryl methyl sites for hydroxylation is 1. The molecule has 0 fully saturated rings. The van der Waals surface area contributed by atoms with Crippen LogP contribution in [0.3, 0.4) is 0 Å². The number of allylic oxidation sites excluding steroid dienone is 1. The summed E-state index contributed by atoms with van der Waals surface area (Å²) in [4.78, 5) is 0. The van der Waals surface area contributed by atoms with Crippen LogP contribution in [0.25, 0.3) is 11.4 Å². The zero-order chi connectivity index (χ0) is 13.5. The Hall–Kier alpha value is -1.70. The summed E-state index contributed by atoms with van der Waals surface area (Å²) in [5.41, 5.74) is 11.2. The quantitative estimate of drug-likeness (QED) is 0.749. The highest BCUT2D eigenvalue weighted by Crippen LogP contribution is 2.20. The molecule has 1 aromatic carbocycles. The summed E-state index contributed by atoms with van der Waals surface area (Å²) < 4.78 is 0. The highest BCUT2D eigenvalue weighted by molar-refractivity contribution is 5.71. The highest BCUT2D eigenvalue weighted by atomic mass is 14.9. The van der Waals surface area contributed by atoms with Crippen molar-refractivity contribution in [3.8, 4) is 0 Å². The molecule has 1 aromatic rings. The molecule has 0 radical (unpaired) electrons. The van der Waals surface area contributed by atoms with E-state index in [0.717, 1.165) is 35.5 Å². The SMILES string of the molecule is C=C(NCCCC)c1ccc(C)c(/C(N)=C/C)c1. The van der Waals surface area contributed by atoms with Crippen LogP contribution < -0.4 is 11.1 Å². The van der Waals surface area contributed by atoms with E-state index in [9.17, 15) is 0 Å². The third kappa shape index (κ3) is 3.66. The molecule has 0 unspecified atom stereocenters. The molecule has 0 aliphatic carbocycles. The molecule has 0 bridgehead atoms. The molecule has 0 saturated heterocycles. The molecular weight excluding hydrogens is 220 g/mol. The lowest BCUT2D eigenvalue weighted by Crippen LogP contribution is -2.13. The molecule has 0 aliphatic rings. The summed E-state index contributed by atoms with van der Waals surface area (Å²) in [5.74, 6) is 0. The molecular formula is C16H24N2. The average molecular weight is 244 g/mol. The number of hydrogen-bond acceptors (Lipinski definition) is 2. The lowest BCUT2D eigenvalue weighted by molar-refractivity contribution is 0.745. The summed E-state index contributed by atoms with van der Waals surface area (Å²) in [6.07, 6.45) is 4.28. The second-order valence-electron chi connectivity index (χ2n) is 4.53. The molecule has 0 atom stereocenters. The molecule has 0 heterocycles. The lowest BCUT2D eigenvalue weighted by Gasteiger charge is -2.13. The number of nitrogens with two attached hydrogens (primary N) is 1. The van der Waals surface area contributed by atoms with Crippen molar-refractivity contribution < 1.29 is 0 Å². The Morgan fingerprint density at radius 1 is 1.44 bits per heavy atom. The van der Waals surface area contributed by atoms with E-state index in [-0.39, 0.29) is 0 Å². The summed E-state index contributed by atoms with van der Waals surface area (Å²) >= 11 is 0. The van der Waals surface area contributed by atoms with Crippen molar-refractivity contribution in [1.82, 2.24) is 5.32 Å². The van der Waals surface area contributed by atoms with Crippen LogP contribution in [0.15, 0.2) is 30.9 Å². The molecule has 0 saturated carbocycles. The van der Waals surface area contributed by atoms with Crippen molar-refractivity contribution in [2.45, 2.75) is 33.6 Å². The summed E-state index contributed by atoms with van der Waals surface area (Å²) in [6, 6.07) is 6.28. The van der Waals surface area contributed by atoms with E-state index in [2.05, 4.69) is 43.9 Å². The van der Waals surface area contributed by atoms with Crippen LogP contribution in [0.2, 0.25) is 0 Å². The molecule has 2 nitrogen and oxygen atoms in total. The second kappa shape index (κ2) is 6.90. The van der Waals surface area contributed by atoms with Gasteiger partial charge in [0.05, 0.1) is 0 Å². The first-order valence-electron chi connectivity index (χ1n) is 6.56. The molecule has 0 aliphatic heterocycles. The standard InChI is InChI=1S/C16H24N2/c1-5-7-10-18-13(4)14-9-8-12(3)15(11-14)16(17)6-2/h6,8-9,11,18H,4-5,7,10,17H2,1-3H3/b16-6-. The second-order valence-corrected chi connectivity index (χ2v) is 4.53. The fourth-order valence-corrected chi connectivity index (χ4v) is 1.79. The van der Waals surface area contributed by atoms with E-state index in [1.54, 1.807) is 0 Å². The van der Waals surface area contributed by atoms with E-state index in [1.165, 1.54) is 12.0 Å². The van der Waals surface area contributed by atoms with Gasteiger partial charge in [-0.25, -0.2) is 0 Å². The summed E-state index contributed by atoms with van der Waals surface area (Å²) in [6.45, 7) is 11.3. The molecule has 1 rings (SSSR count). The smallest absolute Gasteiger partial charge is 0.0347 e. The van der Waals surface area contributed by atoms with Crippen molar-refractivity contribution in [3.05, 3.63) is 47.5 Å². The monoisotopic (exact) mass is 244 g/mol. The van der Waals surface area contributed by atoms with Crippen LogP contribution in [0.1, 0.15) is 43.4 Å². The Bertz CT molecular complexity index is 444. The van der Waals surface area contributed by atoms with Crippen molar-refractivity contribution in [3.63, 3.8) is 0 Å². The van der Waals surface area contributed by atoms with Gasteiger partial charge in [0.1, 0.15) is 0 Å². The van der Waals surface area contributed by atoms with Crippen LogP contribution in [-0.2, 0) is 0 Å². The normalized spacial score (nSPS) is 11.4. The predicted molar refractivity (Wildman–Crippen MR) is 81.0 cm³/mol. The van der Waals surface area contributed by atoms with E-state index in [4.69, 9.17) is 5.73 Å². The van der Waals surface area contributed by atoms with Crippen molar-refractivity contribution in [2.24, 2.45) is 5.73 Å². The molecule has 2 heteroatoms. The van der Waals surface area contributed by atoms with Crippen LogP contribution in [-0.4, -0.2) is 6.54 Å². The molecule has 3 N–H and O–H groups in total. The third-order valence-corrected chi connectivity index (χ3v) is 3.08. The first kappa shape index (κ1) is 14.4. The Morgan fingerprint density at radius 3 is 2.78 bits per heavy atom. The highest BCUT2D eigenvalue weighted by Gasteiger charge is 2.04. The van der Waals surface area contributed by atoms with Gasteiger partial charge in [-0.2, -0.15) is 0 Å². The Morgan fingerprint density at radius 2 is 2.17 bits per heavy atom. The molecule has 0 amide bonds. The van der Waals surface area contributed by atoms with E-state index < -0.39 is 0 Å². The maximum absolute atomic E-state index is 6.00. The molecule has 18 heavy (non-hydrogen) atoms. The number of nitrogens with one attached hydrogen (secondary N) is 1. The predicted octanol–water partition coefficient (Wildman–Crippen LogP) is 3.67. The number of unbranched alkanes of at least 4 members (excludes halogenated alkanes) is 1. The lowest BCUT2D eigenvalue weighted by atomic mass is 10.0. The van der Waals surface area contributed by atoms with Crippen LogP contribution in [0.5, 0.6) is 0 Å². The Labute approximate surface area is 111 Å². The van der Waals surface area contributed by atoms with Gasteiger partial charge in [-0.1, -0.05) is 38.1 Å². The molecule has 0 aromatic heterocycles. The maximum atomic E-state index is 6.00. The van der Waals surface area contributed by atoms with E-state index >= 15 is 0 Å². The van der Waals surface area contributed by atoms with Gasteiger partial charge in [-0.3, -0.25) is 0 Å². The number of rotatable bonds is 6. The van der Waals surface area contributed by atoms with Gasteiger partial charge in [0.2, 0.25) is 0 Å². The van der Waals surface area contributed by atoms with Crippen molar-refractivity contribution in [2.75, 3.05) is 6.54 Å². The van der Waals surface area contributed by atoms with Gasteiger partial charge in [0.25, 0.3) is 0 Å². The van der Waals surface area contributed by atoms with E-state index in [1.807, 2.05) is 13.0 Å². The van der Waals surface area contributed by atoms with Crippen LogP contribution in [0.4, 0.5) is 0 Å². The van der Waals surface area contributed by atoms with Gasteiger partial charge >= 0.3 is 0 Å². The number of benzene rings is 1. The largest absolute Gasteiger partial charge is 0.399 e. The third-order valence-electron chi connectivity index (χ3n) is 3.08. The summed E-state index contributed by atoms with van der Waals surface area (Å²) in [7, 11) is 0. The van der Waals surface area contributed by atoms with Crippen molar-refractivity contribution in [1.29, 1.82) is 0 Å². The van der Waals surface area contributed by atoms with Crippen LogP contribution >= 0.6 is 0 Å². The van der Waals surface area contributed by atoms with Gasteiger partial charge in [-0.05, 0) is 37.5 Å².